The van der Waals surface area contributed by atoms with Crippen molar-refractivity contribution in [3.05, 3.63) is 204 Å². The molecule has 0 spiro atoms. The second-order valence-electron chi connectivity index (χ2n) is 11.6. The Morgan fingerprint density at radius 2 is 0.826 bits per heavy atom. The molecule has 46 heavy (non-hydrogen) atoms. The molecular formula is C44H38O2. The van der Waals surface area contributed by atoms with E-state index in [-0.39, 0.29) is 0 Å². The molecule has 0 aliphatic rings. The van der Waals surface area contributed by atoms with Gasteiger partial charge < -0.3 is 9.47 Å². The zero-order chi connectivity index (χ0) is 31.8. The molecule has 6 aromatic carbocycles. The lowest BCUT2D eigenvalue weighted by molar-refractivity contribution is 0.306. The monoisotopic (exact) mass is 598 g/mol. The van der Waals surface area contributed by atoms with Crippen LogP contribution in [0.4, 0.5) is 0 Å². The van der Waals surface area contributed by atoms with Crippen molar-refractivity contribution in [1.82, 2.24) is 0 Å². The van der Waals surface area contributed by atoms with E-state index in [9.17, 15) is 0 Å². The minimum atomic E-state index is -0.409. The Hall–Kier alpha value is -5.60. The maximum absolute atomic E-state index is 6.15. The highest BCUT2D eigenvalue weighted by molar-refractivity contribution is 5.65. The summed E-state index contributed by atoms with van der Waals surface area (Å²) >= 11 is 0. The van der Waals surface area contributed by atoms with E-state index in [2.05, 4.69) is 166 Å². The molecule has 0 bridgehead atoms. The molecule has 0 fully saturated rings. The predicted octanol–water partition coefficient (Wildman–Crippen LogP) is 11.2. The molecule has 2 nitrogen and oxygen atoms in total. The van der Waals surface area contributed by atoms with E-state index in [0.29, 0.717) is 13.2 Å². The van der Waals surface area contributed by atoms with Crippen LogP contribution in [0.1, 0.15) is 45.9 Å². The van der Waals surface area contributed by atoms with Crippen LogP contribution in [0.5, 0.6) is 11.5 Å². The van der Waals surface area contributed by atoms with Gasteiger partial charge in [-0.2, -0.15) is 0 Å². The van der Waals surface area contributed by atoms with Gasteiger partial charge in [0.1, 0.15) is 24.7 Å². The van der Waals surface area contributed by atoms with Gasteiger partial charge in [-0.25, -0.2) is 0 Å². The summed E-state index contributed by atoms with van der Waals surface area (Å²) in [6.07, 6.45) is 3.69. The Morgan fingerprint density at radius 1 is 0.457 bits per heavy atom. The summed E-state index contributed by atoms with van der Waals surface area (Å²) < 4.78 is 12.3. The van der Waals surface area contributed by atoms with Gasteiger partial charge in [0.25, 0.3) is 0 Å². The lowest BCUT2D eigenvalue weighted by atomic mass is 9.71. The largest absolute Gasteiger partial charge is 0.489 e. The number of benzene rings is 6. The second kappa shape index (κ2) is 14.0. The SMILES string of the molecule is C=Cc1ccc(COc2ccc(C(C)(c3ccc(OCc4ccc(C=C)cc4)cc3)c3ccc(-c4ccccc4)cc3)cc2)cc1. The van der Waals surface area contributed by atoms with E-state index in [4.69, 9.17) is 9.47 Å². The Bertz CT molecular complexity index is 1770. The Morgan fingerprint density at radius 3 is 1.22 bits per heavy atom. The molecule has 226 valence electrons. The lowest BCUT2D eigenvalue weighted by Crippen LogP contribution is -2.25. The highest BCUT2D eigenvalue weighted by Crippen LogP contribution is 2.40. The third kappa shape index (κ3) is 6.87. The van der Waals surface area contributed by atoms with Gasteiger partial charge in [-0.05, 0) is 81.3 Å². The van der Waals surface area contributed by atoms with Crippen molar-refractivity contribution in [2.75, 3.05) is 0 Å². The molecule has 6 aromatic rings. The van der Waals surface area contributed by atoms with Crippen LogP contribution in [0, 0.1) is 0 Å². The molecule has 6 rings (SSSR count). The molecule has 0 aliphatic heterocycles. The van der Waals surface area contributed by atoms with Crippen LogP contribution in [-0.4, -0.2) is 0 Å². The first-order valence-corrected chi connectivity index (χ1v) is 15.6. The summed E-state index contributed by atoms with van der Waals surface area (Å²) in [7, 11) is 0. The minimum absolute atomic E-state index is 0.409. The van der Waals surface area contributed by atoms with Crippen LogP contribution in [0.2, 0.25) is 0 Å². The maximum atomic E-state index is 6.15. The number of hydrogen-bond donors (Lipinski definition) is 0. The minimum Gasteiger partial charge on any atom is -0.489 e. The van der Waals surface area contributed by atoms with Crippen LogP contribution >= 0.6 is 0 Å². The summed E-state index contributed by atoms with van der Waals surface area (Å²) in [4.78, 5) is 0. The average Bonchev–Trinajstić information content (AvgIpc) is 3.14. The topological polar surface area (TPSA) is 18.5 Å². The highest BCUT2D eigenvalue weighted by Gasteiger charge is 2.31. The van der Waals surface area contributed by atoms with Gasteiger partial charge in [-0.15, -0.1) is 0 Å². The molecule has 0 N–H and O–H groups in total. The summed E-state index contributed by atoms with van der Waals surface area (Å²) in [5.74, 6) is 1.67. The van der Waals surface area contributed by atoms with E-state index in [1.807, 2.05) is 18.2 Å². The summed E-state index contributed by atoms with van der Waals surface area (Å²) in [5, 5.41) is 0. The van der Waals surface area contributed by atoms with Crippen molar-refractivity contribution < 1.29 is 9.47 Å². The maximum Gasteiger partial charge on any atom is 0.119 e. The summed E-state index contributed by atoms with van der Waals surface area (Å²) in [5.41, 5.74) is 10.00. The first-order chi connectivity index (χ1) is 22.5. The molecule has 0 radical (unpaired) electrons. The van der Waals surface area contributed by atoms with E-state index >= 15 is 0 Å². The van der Waals surface area contributed by atoms with Crippen LogP contribution in [0.3, 0.4) is 0 Å². The fourth-order valence-electron chi connectivity index (χ4n) is 5.73. The molecular weight excluding hydrogens is 560 g/mol. The Kier molecular flexibility index (Phi) is 9.27. The normalized spacial score (nSPS) is 11.1. The zero-order valence-corrected chi connectivity index (χ0v) is 26.2. The molecule has 0 saturated carbocycles. The van der Waals surface area contributed by atoms with Gasteiger partial charge in [0, 0.05) is 5.41 Å². The van der Waals surface area contributed by atoms with Crippen molar-refractivity contribution in [2.24, 2.45) is 0 Å². The molecule has 0 amide bonds. The lowest BCUT2D eigenvalue weighted by Gasteiger charge is -2.32. The first-order valence-electron chi connectivity index (χ1n) is 15.6. The molecule has 0 saturated heterocycles. The van der Waals surface area contributed by atoms with Crippen LogP contribution in [-0.2, 0) is 18.6 Å². The average molecular weight is 599 g/mol. The summed E-state index contributed by atoms with van der Waals surface area (Å²) in [6, 6.07) is 52.9. The van der Waals surface area contributed by atoms with Crippen LogP contribution in [0.15, 0.2) is 165 Å². The van der Waals surface area contributed by atoms with Gasteiger partial charge >= 0.3 is 0 Å². The van der Waals surface area contributed by atoms with Crippen molar-refractivity contribution in [2.45, 2.75) is 25.6 Å². The molecule has 0 atom stereocenters. The van der Waals surface area contributed by atoms with Crippen molar-refractivity contribution in [3.8, 4) is 22.6 Å². The smallest absolute Gasteiger partial charge is 0.119 e. The Labute approximate surface area is 272 Å². The van der Waals surface area contributed by atoms with E-state index < -0.39 is 5.41 Å². The number of rotatable bonds is 12. The summed E-state index contributed by atoms with van der Waals surface area (Å²) in [6.45, 7) is 11.0. The molecule has 2 heteroatoms. The van der Waals surface area contributed by atoms with Crippen molar-refractivity contribution in [3.63, 3.8) is 0 Å². The first kappa shape index (κ1) is 30.4. The van der Waals surface area contributed by atoms with Crippen molar-refractivity contribution >= 4 is 12.2 Å². The van der Waals surface area contributed by atoms with Gasteiger partial charge in [0.05, 0.1) is 0 Å². The molecule has 0 unspecified atom stereocenters. The fourth-order valence-corrected chi connectivity index (χ4v) is 5.73. The third-order valence-electron chi connectivity index (χ3n) is 8.67. The third-order valence-corrected chi connectivity index (χ3v) is 8.67. The molecule has 0 aromatic heterocycles. The number of ether oxygens (including phenoxy) is 2. The van der Waals surface area contributed by atoms with Crippen LogP contribution < -0.4 is 9.47 Å². The van der Waals surface area contributed by atoms with E-state index in [1.54, 1.807) is 0 Å². The Balaban J connectivity index is 1.26. The van der Waals surface area contributed by atoms with Crippen LogP contribution in [0.25, 0.3) is 23.3 Å². The standard InChI is InChI=1S/C44H38O2/c1-4-33-11-15-35(16-12-33)31-45-42-27-23-40(24-28-42)44(3,39-21-19-38(20-22-39)37-9-7-6-8-10-37)41-25-29-43(30-26-41)46-32-36-17-13-34(5-2)14-18-36/h4-30H,1-2,31-32H2,3H3. The highest BCUT2D eigenvalue weighted by atomic mass is 16.5. The van der Waals surface area contributed by atoms with Gasteiger partial charge in [0.2, 0.25) is 0 Å². The van der Waals surface area contributed by atoms with E-state index in [1.165, 1.54) is 27.8 Å². The van der Waals surface area contributed by atoms with Gasteiger partial charge in [-0.3, -0.25) is 0 Å². The quantitative estimate of drug-likeness (QED) is 0.130. The van der Waals surface area contributed by atoms with Crippen molar-refractivity contribution in [1.29, 1.82) is 0 Å². The van der Waals surface area contributed by atoms with E-state index in [0.717, 1.165) is 33.8 Å². The zero-order valence-electron chi connectivity index (χ0n) is 26.2. The predicted molar refractivity (Wildman–Crippen MR) is 192 cm³/mol. The molecule has 0 aliphatic carbocycles. The number of hydrogen-bond acceptors (Lipinski definition) is 2. The fraction of sp³-hybridized carbons (Fsp3) is 0.0909. The second-order valence-corrected chi connectivity index (χ2v) is 11.6. The van der Waals surface area contributed by atoms with Gasteiger partial charge in [-0.1, -0.05) is 153 Å². The van der Waals surface area contributed by atoms with Gasteiger partial charge in [0.15, 0.2) is 0 Å². The molecule has 0 heterocycles.